The van der Waals surface area contributed by atoms with Crippen LogP contribution in [-0.4, -0.2) is 23.6 Å². The second kappa shape index (κ2) is 9.69. The number of methoxy groups -OCH3 is 1. The molecule has 3 aromatic carbocycles. The number of carbonyl (C=O) groups is 2. The van der Waals surface area contributed by atoms with Crippen LogP contribution in [0.25, 0.3) is 10.2 Å². The van der Waals surface area contributed by atoms with Crippen LogP contribution in [0, 0.1) is 0 Å². The monoisotopic (exact) mass is 484 g/mol. The summed E-state index contributed by atoms with van der Waals surface area (Å²) in [7, 11) is 1.30. The molecule has 1 heterocycles. The molecule has 0 bridgehead atoms. The van der Waals surface area contributed by atoms with Crippen molar-refractivity contribution in [3.8, 4) is 0 Å². The summed E-state index contributed by atoms with van der Waals surface area (Å²) in [6, 6.07) is 20.9. The van der Waals surface area contributed by atoms with Crippen molar-refractivity contribution in [2.45, 2.75) is 13.0 Å². The van der Waals surface area contributed by atoms with Gasteiger partial charge in [0.25, 0.3) is 5.91 Å². The number of ether oxygens (including phenoxy) is 1. The van der Waals surface area contributed by atoms with Gasteiger partial charge < -0.3 is 9.30 Å². The van der Waals surface area contributed by atoms with Crippen LogP contribution >= 0.6 is 34.5 Å². The lowest BCUT2D eigenvalue weighted by Crippen LogP contribution is -2.22. The predicted octanol–water partition coefficient (Wildman–Crippen LogP) is 5.51. The van der Waals surface area contributed by atoms with Crippen LogP contribution in [-0.2, 0) is 22.5 Å². The van der Waals surface area contributed by atoms with Gasteiger partial charge in [-0.15, -0.1) is 0 Å². The zero-order valence-corrected chi connectivity index (χ0v) is 19.4. The van der Waals surface area contributed by atoms with Crippen molar-refractivity contribution in [2.24, 2.45) is 4.99 Å². The highest BCUT2D eigenvalue weighted by molar-refractivity contribution is 7.16. The third kappa shape index (κ3) is 4.78. The molecule has 0 aliphatic carbocycles. The number of rotatable bonds is 5. The number of hydrogen-bond acceptors (Lipinski definition) is 4. The fourth-order valence-corrected chi connectivity index (χ4v) is 4.79. The van der Waals surface area contributed by atoms with E-state index < -0.39 is 11.9 Å². The molecule has 0 unspecified atom stereocenters. The van der Waals surface area contributed by atoms with Gasteiger partial charge >= 0.3 is 5.97 Å². The minimum Gasteiger partial charge on any atom is -0.468 e. The molecule has 0 fully saturated rings. The third-order valence-corrected chi connectivity index (χ3v) is 6.74. The summed E-state index contributed by atoms with van der Waals surface area (Å²) in [4.78, 5) is 29.5. The van der Waals surface area contributed by atoms with E-state index in [1.165, 1.54) is 24.0 Å². The van der Waals surface area contributed by atoms with Gasteiger partial charge in [0.15, 0.2) is 4.80 Å². The van der Waals surface area contributed by atoms with E-state index in [0.717, 1.165) is 16.7 Å². The smallest absolute Gasteiger partial charge is 0.325 e. The van der Waals surface area contributed by atoms with Crippen molar-refractivity contribution >= 4 is 56.6 Å². The van der Waals surface area contributed by atoms with E-state index in [9.17, 15) is 9.59 Å². The number of aromatic nitrogens is 1. The summed E-state index contributed by atoms with van der Waals surface area (Å²) in [6.45, 7) is -0.140. The van der Waals surface area contributed by atoms with E-state index in [1.54, 1.807) is 28.8 Å². The molecule has 0 aliphatic rings. The van der Waals surface area contributed by atoms with Crippen molar-refractivity contribution in [1.82, 2.24) is 4.57 Å². The number of halogens is 2. The highest BCUT2D eigenvalue weighted by atomic mass is 35.5. The van der Waals surface area contributed by atoms with Crippen molar-refractivity contribution in [3.05, 3.63) is 98.3 Å². The van der Waals surface area contributed by atoms with E-state index in [2.05, 4.69) is 17.1 Å². The number of hydrogen-bond donors (Lipinski definition) is 0. The Bertz CT molecular complexity index is 1360. The molecular weight excluding hydrogens is 467 g/mol. The molecule has 0 N–H and O–H groups in total. The van der Waals surface area contributed by atoms with Gasteiger partial charge in [-0.2, -0.15) is 4.99 Å². The first kappa shape index (κ1) is 22.3. The summed E-state index contributed by atoms with van der Waals surface area (Å²) >= 11 is 13.8. The van der Waals surface area contributed by atoms with Crippen LogP contribution in [0.15, 0.2) is 71.7 Å². The lowest BCUT2D eigenvalue weighted by Gasteiger charge is -2.06. The molecule has 162 valence electrons. The molecule has 0 saturated carbocycles. The van der Waals surface area contributed by atoms with Crippen LogP contribution in [0.4, 0.5) is 0 Å². The number of thiazole rings is 1. The maximum atomic E-state index is 12.9. The first-order chi connectivity index (χ1) is 15.5. The molecule has 5 nitrogen and oxygen atoms in total. The summed E-state index contributed by atoms with van der Waals surface area (Å²) in [5, 5.41) is 0.644. The molecule has 0 aliphatic heterocycles. The number of nitrogens with zero attached hydrogens (tertiary/aromatic N) is 2. The number of amides is 1. The van der Waals surface area contributed by atoms with E-state index in [4.69, 9.17) is 27.9 Å². The third-order valence-electron chi connectivity index (χ3n) is 4.90. The number of benzene rings is 3. The normalized spacial score (nSPS) is 11.7. The molecule has 0 saturated heterocycles. The molecule has 1 amide bonds. The topological polar surface area (TPSA) is 60.7 Å². The van der Waals surface area contributed by atoms with Gasteiger partial charge in [0.1, 0.15) is 6.54 Å². The lowest BCUT2D eigenvalue weighted by atomic mass is 10.0. The maximum absolute atomic E-state index is 12.9. The van der Waals surface area contributed by atoms with Gasteiger partial charge in [-0.1, -0.05) is 77.0 Å². The highest BCUT2D eigenvalue weighted by Gasteiger charge is 2.16. The Balaban J connectivity index is 1.69. The van der Waals surface area contributed by atoms with Gasteiger partial charge in [-0.05, 0) is 41.8 Å². The van der Waals surface area contributed by atoms with Crippen LogP contribution in [0.3, 0.4) is 0 Å². The van der Waals surface area contributed by atoms with Crippen LogP contribution < -0.4 is 4.80 Å². The van der Waals surface area contributed by atoms with Gasteiger partial charge in [-0.25, -0.2) is 0 Å². The average molecular weight is 485 g/mol. The van der Waals surface area contributed by atoms with Gasteiger partial charge in [0, 0.05) is 5.56 Å². The molecule has 32 heavy (non-hydrogen) atoms. The minimum absolute atomic E-state index is 0.140. The van der Waals surface area contributed by atoms with Crippen LogP contribution in [0.1, 0.15) is 21.5 Å². The van der Waals surface area contributed by atoms with Crippen LogP contribution in [0.2, 0.25) is 10.0 Å². The first-order valence-corrected chi connectivity index (χ1v) is 11.3. The lowest BCUT2D eigenvalue weighted by molar-refractivity contribution is -0.141. The fourth-order valence-electron chi connectivity index (χ4n) is 3.28. The number of esters is 1. The molecule has 0 spiro atoms. The van der Waals surface area contributed by atoms with Crippen molar-refractivity contribution in [1.29, 1.82) is 0 Å². The Morgan fingerprint density at radius 1 is 0.969 bits per heavy atom. The Kier molecular flexibility index (Phi) is 6.74. The SMILES string of the molecule is COC(=O)Cn1c(=NC(=O)c2ccc(Cc3ccccc3)cc2)sc2ccc(Cl)c(Cl)c21. The molecule has 1 aromatic heterocycles. The van der Waals surface area contributed by atoms with Crippen molar-refractivity contribution < 1.29 is 14.3 Å². The van der Waals surface area contributed by atoms with Crippen molar-refractivity contribution in [3.63, 3.8) is 0 Å². The average Bonchev–Trinajstić information content (AvgIpc) is 3.14. The summed E-state index contributed by atoms with van der Waals surface area (Å²) < 4.78 is 7.11. The molecule has 0 atom stereocenters. The Hall–Kier alpha value is -2.93. The summed E-state index contributed by atoms with van der Waals surface area (Å²) in [5.74, 6) is -0.899. The number of fused-ring (bicyclic) bond motifs is 1. The minimum atomic E-state index is -0.486. The van der Waals surface area contributed by atoms with Gasteiger partial charge in [-0.3, -0.25) is 9.59 Å². The highest BCUT2D eigenvalue weighted by Crippen LogP contribution is 2.32. The molecule has 4 aromatic rings. The Morgan fingerprint density at radius 3 is 2.34 bits per heavy atom. The zero-order valence-electron chi connectivity index (χ0n) is 17.0. The predicted molar refractivity (Wildman–Crippen MR) is 127 cm³/mol. The standard InChI is InChI=1S/C24H18Cl2N2O3S/c1-31-20(29)14-28-22-19(12-11-18(25)21(22)26)32-24(28)27-23(30)17-9-7-16(8-10-17)13-15-5-3-2-4-6-15/h2-12H,13-14H2,1H3. The molecular formula is C24H18Cl2N2O3S. The fraction of sp³-hybridized carbons (Fsp3) is 0.125. The zero-order chi connectivity index (χ0) is 22.7. The summed E-state index contributed by atoms with van der Waals surface area (Å²) in [6.07, 6.45) is 0.779. The summed E-state index contributed by atoms with van der Waals surface area (Å²) in [5.41, 5.74) is 3.28. The van der Waals surface area contributed by atoms with Crippen molar-refractivity contribution in [2.75, 3.05) is 7.11 Å². The van der Waals surface area contributed by atoms with Crippen LogP contribution in [0.5, 0.6) is 0 Å². The second-order valence-electron chi connectivity index (χ2n) is 7.03. The quantitative estimate of drug-likeness (QED) is 0.350. The molecule has 0 radical (unpaired) electrons. The Labute approximate surface area is 198 Å². The first-order valence-electron chi connectivity index (χ1n) is 9.72. The van der Waals surface area contributed by atoms with E-state index >= 15 is 0 Å². The largest absolute Gasteiger partial charge is 0.468 e. The van der Waals surface area contributed by atoms with E-state index in [0.29, 0.717) is 25.9 Å². The van der Waals surface area contributed by atoms with E-state index in [-0.39, 0.29) is 6.54 Å². The van der Waals surface area contributed by atoms with Gasteiger partial charge in [0.2, 0.25) is 0 Å². The van der Waals surface area contributed by atoms with E-state index in [1.807, 2.05) is 30.3 Å². The Morgan fingerprint density at radius 2 is 1.66 bits per heavy atom. The molecule has 4 rings (SSSR count). The second-order valence-corrected chi connectivity index (χ2v) is 8.83. The maximum Gasteiger partial charge on any atom is 0.325 e. The molecule has 8 heteroatoms. The number of carbonyl (C=O) groups excluding carboxylic acids is 2. The van der Waals surface area contributed by atoms with Gasteiger partial charge in [0.05, 0.1) is 27.4 Å².